The molecule has 0 saturated carbocycles. The van der Waals surface area contributed by atoms with Gasteiger partial charge in [-0.05, 0) is 31.0 Å². The van der Waals surface area contributed by atoms with Crippen molar-refractivity contribution in [3.05, 3.63) is 23.8 Å². The lowest BCUT2D eigenvalue weighted by molar-refractivity contribution is -0.116. The van der Waals surface area contributed by atoms with E-state index in [1.165, 1.54) is 0 Å². The molecule has 2 N–H and O–H groups in total. The Morgan fingerprint density at radius 3 is 2.72 bits per heavy atom. The highest BCUT2D eigenvalue weighted by Crippen LogP contribution is 2.23. The molecule has 100 valence electrons. The number of hydrogen-bond acceptors (Lipinski definition) is 3. The van der Waals surface area contributed by atoms with Crippen LogP contribution in [0.3, 0.4) is 0 Å². The fraction of sp³-hybridized carbons (Fsp3) is 0.500. The first-order valence-corrected chi connectivity index (χ1v) is 6.23. The van der Waals surface area contributed by atoms with Gasteiger partial charge in [-0.25, -0.2) is 0 Å². The molecule has 0 aliphatic carbocycles. The number of benzene rings is 1. The molecule has 0 saturated heterocycles. The predicted molar refractivity (Wildman–Crippen MR) is 71.6 cm³/mol. The van der Waals surface area contributed by atoms with Gasteiger partial charge in [-0.1, -0.05) is 13.8 Å². The van der Waals surface area contributed by atoms with Crippen LogP contribution in [-0.4, -0.2) is 17.6 Å². The summed E-state index contributed by atoms with van der Waals surface area (Å²) >= 11 is 0. The molecule has 0 aliphatic rings. The molecule has 1 aromatic carbocycles. The van der Waals surface area contributed by atoms with Crippen LogP contribution in [0, 0.1) is 5.92 Å². The lowest BCUT2D eigenvalue weighted by Crippen LogP contribution is -2.14. The third-order valence-electron chi connectivity index (χ3n) is 2.41. The van der Waals surface area contributed by atoms with E-state index in [0.29, 0.717) is 35.9 Å². The van der Waals surface area contributed by atoms with E-state index in [9.17, 15) is 9.90 Å². The van der Waals surface area contributed by atoms with Gasteiger partial charge in [0.25, 0.3) is 0 Å². The quantitative estimate of drug-likeness (QED) is 0.817. The molecule has 1 aromatic rings. The zero-order valence-electron chi connectivity index (χ0n) is 11.2. The Morgan fingerprint density at radius 1 is 1.44 bits per heavy atom. The van der Waals surface area contributed by atoms with Gasteiger partial charge in [-0.3, -0.25) is 4.79 Å². The van der Waals surface area contributed by atoms with Crippen molar-refractivity contribution < 1.29 is 14.6 Å². The van der Waals surface area contributed by atoms with Crippen molar-refractivity contribution in [3.8, 4) is 5.75 Å². The highest BCUT2D eigenvalue weighted by molar-refractivity contribution is 5.91. The van der Waals surface area contributed by atoms with E-state index in [0.717, 1.165) is 0 Å². The smallest absolute Gasteiger partial charge is 0.224 e. The maximum atomic E-state index is 11.6. The van der Waals surface area contributed by atoms with Crippen LogP contribution in [0.25, 0.3) is 0 Å². The van der Waals surface area contributed by atoms with Gasteiger partial charge >= 0.3 is 0 Å². The van der Waals surface area contributed by atoms with Crippen molar-refractivity contribution >= 4 is 11.6 Å². The fourth-order valence-corrected chi connectivity index (χ4v) is 1.66. The van der Waals surface area contributed by atoms with E-state index in [1.54, 1.807) is 18.2 Å². The highest BCUT2D eigenvalue weighted by atomic mass is 16.5. The minimum atomic E-state index is -0.108. The van der Waals surface area contributed by atoms with Crippen molar-refractivity contribution in [2.45, 2.75) is 33.8 Å². The summed E-state index contributed by atoms with van der Waals surface area (Å²) in [5.41, 5.74) is 1.37. The third-order valence-corrected chi connectivity index (χ3v) is 2.41. The van der Waals surface area contributed by atoms with Crippen molar-refractivity contribution in [2.24, 2.45) is 5.92 Å². The van der Waals surface area contributed by atoms with E-state index in [4.69, 9.17) is 4.74 Å². The fourth-order valence-electron chi connectivity index (χ4n) is 1.66. The second-order valence-corrected chi connectivity index (χ2v) is 4.56. The summed E-state index contributed by atoms with van der Waals surface area (Å²) in [5, 5.41) is 12.1. The van der Waals surface area contributed by atoms with Crippen LogP contribution in [0.1, 0.15) is 32.8 Å². The Balaban J connectivity index is 2.76. The summed E-state index contributed by atoms with van der Waals surface area (Å²) in [6.45, 7) is 6.32. The van der Waals surface area contributed by atoms with Gasteiger partial charge in [-0.2, -0.15) is 0 Å². The first kappa shape index (κ1) is 14.5. The van der Waals surface area contributed by atoms with E-state index in [-0.39, 0.29) is 12.5 Å². The van der Waals surface area contributed by atoms with Crippen LogP contribution in [0.2, 0.25) is 0 Å². The largest absolute Gasteiger partial charge is 0.494 e. The Morgan fingerprint density at radius 2 is 2.17 bits per heavy atom. The van der Waals surface area contributed by atoms with Crippen LogP contribution in [0.4, 0.5) is 5.69 Å². The minimum absolute atomic E-state index is 0.0157. The van der Waals surface area contributed by atoms with Gasteiger partial charge in [0.1, 0.15) is 5.75 Å². The van der Waals surface area contributed by atoms with E-state index >= 15 is 0 Å². The molecule has 0 fully saturated rings. The summed E-state index contributed by atoms with van der Waals surface area (Å²) in [4.78, 5) is 11.6. The number of ether oxygens (including phenoxy) is 1. The number of anilines is 1. The van der Waals surface area contributed by atoms with Crippen molar-refractivity contribution in [1.82, 2.24) is 0 Å². The Kier molecular flexibility index (Phi) is 5.65. The second-order valence-electron chi connectivity index (χ2n) is 4.56. The van der Waals surface area contributed by atoms with Gasteiger partial charge in [0.05, 0.1) is 13.2 Å². The summed E-state index contributed by atoms with van der Waals surface area (Å²) < 4.78 is 5.38. The van der Waals surface area contributed by atoms with Crippen molar-refractivity contribution in [2.75, 3.05) is 11.9 Å². The van der Waals surface area contributed by atoms with Gasteiger partial charge in [0, 0.05) is 17.7 Å². The average Bonchev–Trinajstić information content (AvgIpc) is 2.30. The Hall–Kier alpha value is -1.55. The normalized spacial score (nSPS) is 10.5. The first-order valence-electron chi connectivity index (χ1n) is 6.23. The molecule has 1 rings (SSSR count). The van der Waals surface area contributed by atoms with E-state index < -0.39 is 0 Å². The molecule has 0 heterocycles. The van der Waals surface area contributed by atoms with Crippen molar-refractivity contribution in [3.63, 3.8) is 0 Å². The molecule has 0 atom stereocenters. The van der Waals surface area contributed by atoms with Crippen LogP contribution >= 0.6 is 0 Å². The van der Waals surface area contributed by atoms with E-state index in [2.05, 4.69) is 5.32 Å². The topological polar surface area (TPSA) is 58.6 Å². The number of carbonyl (C=O) groups excluding carboxylic acids is 1. The molecule has 0 spiro atoms. The maximum Gasteiger partial charge on any atom is 0.224 e. The molecule has 4 heteroatoms. The Bertz CT molecular complexity index is 402. The predicted octanol–water partition coefficient (Wildman–Crippen LogP) is 2.56. The van der Waals surface area contributed by atoms with Crippen LogP contribution < -0.4 is 10.1 Å². The number of amides is 1. The Labute approximate surface area is 108 Å². The zero-order chi connectivity index (χ0) is 13.5. The minimum Gasteiger partial charge on any atom is -0.494 e. The molecule has 0 bridgehead atoms. The number of hydrogen-bond donors (Lipinski definition) is 2. The van der Waals surface area contributed by atoms with Crippen LogP contribution in [-0.2, 0) is 11.4 Å². The van der Waals surface area contributed by atoms with Crippen LogP contribution in [0.15, 0.2) is 18.2 Å². The van der Waals surface area contributed by atoms with Crippen LogP contribution in [0.5, 0.6) is 5.75 Å². The lowest BCUT2D eigenvalue weighted by atomic mass is 10.1. The molecular formula is C14H21NO3. The van der Waals surface area contributed by atoms with Gasteiger partial charge < -0.3 is 15.2 Å². The number of carbonyl (C=O) groups is 1. The summed E-state index contributed by atoms with van der Waals surface area (Å²) in [6.07, 6.45) is 0.488. The summed E-state index contributed by atoms with van der Waals surface area (Å²) in [7, 11) is 0. The second kappa shape index (κ2) is 7.01. The zero-order valence-corrected chi connectivity index (χ0v) is 11.2. The van der Waals surface area contributed by atoms with Gasteiger partial charge in [0.15, 0.2) is 0 Å². The summed E-state index contributed by atoms with van der Waals surface area (Å²) in [5.74, 6) is 0.963. The third kappa shape index (κ3) is 4.37. The molecular weight excluding hydrogens is 230 g/mol. The SMILES string of the molecule is CCOc1ccc(NC(=O)CC(C)C)cc1CO. The molecule has 18 heavy (non-hydrogen) atoms. The number of rotatable bonds is 6. The summed E-state index contributed by atoms with van der Waals surface area (Å²) in [6, 6.07) is 5.28. The number of aliphatic hydroxyl groups excluding tert-OH is 1. The maximum absolute atomic E-state index is 11.6. The lowest BCUT2D eigenvalue weighted by Gasteiger charge is -2.12. The molecule has 4 nitrogen and oxygen atoms in total. The standard InChI is InChI=1S/C14H21NO3/c1-4-18-13-6-5-12(8-11(13)9-16)15-14(17)7-10(2)3/h5-6,8,10,16H,4,7,9H2,1-3H3,(H,15,17). The molecule has 1 amide bonds. The average molecular weight is 251 g/mol. The van der Waals surface area contributed by atoms with Gasteiger partial charge in [-0.15, -0.1) is 0 Å². The monoisotopic (exact) mass is 251 g/mol. The van der Waals surface area contributed by atoms with Crippen molar-refractivity contribution in [1.29, 1.82) is 0 Å². The molecule has 0 unspecified atom stereocenters. The van der Waals surface area contributed by atoms with E-state index in [1.807, 2.05) is 20.8 Å². The number of aliphatic hydroxyl groups is 1. The first-order chi connectivity index (χ1) is 8.56. The highest BCUT2D eigenvalue weighted by Gasteiger charge is 2.08. The molecule has 0 radical (unpaired) electrons. The number of nitrogens with one attached hydrogen (secondary N) is 1. The van der Waals surface area contributed by atoms with Gasteiger partial charge in [0.2, 0.25) is 5.91 Å². The molecule has 0 aromatic heterocycles. The molecule has 0 aliphatic heterocycles.